The molecule has 0 saturated carbocycles. The number of benzene rings is 2. The van der Waals surface area contributed by atoms with Gasteiger partial charge in [0.2, 0.25) is 21.8 Å². The minimum atomic E-state index is -4.71. The number of rotatable bonds is 8. The minimum absolute atomic E-state index is 0.0252. The summed E-state index contributed by atoms with van der Waals surface area (Å²) in [6.07, 6.45) is -2.30. The van der Waals surface area contributed by atoms with Gasteiger partial charge in [0.15, 0.2) is 0 Å². The number of hydrogen-bond donors (Lipinski definition) is 1. The third-order valence-corrected chi connectivity index (χ3v) is 6.77. The molecule has 1 aliphatic rings. The van der Waals surface area contributed by atoms with Gasteiger partial charge in [-0.1, -0.05) is 18.2 Å². The normalized spacial score (nSPS) is 14.5. The van der Waals surface area contributed by atoms with Crippen molar-refractivity contribution in [1.82, 2.24) is 4.31 Å². The average Bonchev–Trinajstić information content (AvgIpc) is 3.19. The standard InChI is InChI=1S/C22H22F3N3O4S/c1-2-11-27(33(31,32)19-9-3-6-16(13-19)22(23,24)25)15-20(29)26-17-7-4-8-18(14-17)28-12-5-10-21(28)30/h2-4,6-9,13-14H,1,5,10-12,15H2,(H,26,29). The smallest absolute Gasteiger partial charge is 0.325 e. The Morgan fingerprint density at radius 3 is 2.55 bits per heavy atom. The summed E-state index contributed by atoms with van der Waals surface area (Å²) >= 11 is 0. The third-order valence-electron chi connectivity index (χ3n) is 4.97. The van der Waals surface area contributed by atoms with Gasteiger partial charge in [-0.25, -0.2) is 8.42 Å². The van der Waals surface area contributed by atoms with Gasteiger partial charge in [-0.05, 0) is 42.8 Å². The fourth-order valence-electron chi connectivity index (χ4n) is 3.41. The van der Waals surface area contributed by atoms with E-state index in [-0.39, 0.29) is 12.5 Å². The quantitative estimate of drug-likeness (QED) is 0.584. The van der Waals surface area contributed by atoms with E-state index in [2.05, 4.69) is 11.9 Å². The number of sulfonamides is 1. The van der Waals surface area contributed by atoms with Crippen LogP contribution in [0.2, 0.25) is 0 Å². The second-order valence-electron chi connectivity index (χ2n) is 7.36. The van der Waals surface area contributed by atoms with Crippen molar-refractivity contribution in [2.75, 3.05) is 29.9 Å². The molecule has 1 aliphatic heterocycles. The van der Waals surface area contributed by atoms with Crippen molar-refractivity contribution in [1.29, 1.82) is 0 Å². The summed E-state index contributed by atoms with van der Waals surface area (Å²) in [6, 6.07) is 9.88. The van der Waals surface area contributed by atoms with Crippen LogP contribution >= 0.6 is 0 Å². The van der Waals surface area contributed by atoms with E-state index in [0.717, 1.165) is 28.9 Å². The summed E-state index contributed by atoms with van der Waals surface area (Å²) < 4.78 is 65.7. The molecule has 0 aliphatic carbocycles. The number of amides is 2. The Balaban J connectivity index is 1.78. The molecule has 1 fully saturated rings. The first-order chi connectivity index (χ1) is 15.5. The van der Waals surface area contributed by atoms with Crippen LogP contribution in [0.15, 0.2) is 66.1 Å². The summed E-state index contributed by atoms with van der Waals surface area (Å²) in [4.78, 5) is 25.5. The van der Waals surface area contributed by atoms with Crippen LogP contribution in [-0.2, 0) is 25.8 Å². The number of nitrogens with one attached hydrogen (secondary N) is 1. The maximum Gasteiger partial charge on any atom is 0.416 e. The van der Waals surface area contributed by atoms with Crippen molar-refractivity contribution in [2.24, 2.45) is 0 Å². The highest BCUT2D eigenvalue weighted by molar-refractivity contribution is 7.89. The Morgan fingerprint density at radius 2 is 1.91 bits per heavy atom. The van der Waals surface area contributed by atoms with Crippen molar-refractivity contribution >= 4 is 33.2 Å². The van der Waals surface area contributed by atoms with Crippen molar-refractivity contribution < 1.29 is 31.2 Å². The molecule has 2 aromatic rings. The maximum atomic E-state index is 13.0. The Labute approximate surface area is 189 Å². The molecular weight excluding hydrogens is 459 g/mol. The third kappa shape index (κ3) is 5.79. The first kappa shape index (κ1) is 24.5. The molecule has 2 aromatic carbocycles. The van der Waals surface area contributed by atoms with Gasteiger partial charge in [-0.15, -0.1) is 6.58 Å². The van der Waals surface area contributed by atoms with Crippen molar-refractivity contribution in [3.05, 3.63) is 66.7 Å². The molecule has 0 atom stereocenters. The molecule has 1 N–H and O–H groups in total. The monoisotopic (exact) mass is 481 g/mol. The van der Waals surface area contributed by atoms with Crippen molar-refractivity contribution in [2.45, 2.75) is 23.9 Å². The largest absolute Gasteiger partial charge is 0.416 e. The van der Waals surface area contributed by atoms with E-state index in [9.17, 15) is 31.2 Å². The highest BCUT2D eigenvalue weighted by Gasteiger charge is 2.33. The molecule has 0 aromatic heterocycles. The van der Waals surface area contributed by atoms with E-state index in [1.54, 1.807) is 29.2 Å². The summed E-state index contributed by atoms with van der Waals surface area (Å²) in [5, 5.41) is 2.57. The molecule has 0 bridgehead atoms. The lowest BCUT2D eigenvalue weighted by molar-refractivity contribution is -0.137. The molecular formula is C22H22F3N3O4S. The molecule has 2 amide bonds. The van der Waals surface area contributed by atoms with Crippen molar-refractivity contribution in [3.63, 3.8) is 0 Å². The molecule has 0 radical (unpaired) electrons. The van der Waals surface area contributed by atoms with Gasteiger partial charge >= 0.3 is 6.18 Å². The SMILES string of the molecule is C=CCN(CC(=O)Nc1cccc(N2CCCC2=O)c1)S(=O)(=O)c1cccc(C(F)(F)F)c1. The molecule has 7 nitrogen and oxygen atoms in total. The van der Waals surface area contributed by atoms with Gasteiger partial charge < -0.3 is 10.2 Å². The van der Waals surface area contributed by atoms with Crippen LogP contribution in [0.4, 0.5) is 24.5 Å². The number of anilines is 2. The topological polar surface area (TPSA) is 86.8 Å². The van der Waals surface area contributed by atoms with Crippen LogP contribution < -0.4 is 10.2 Å². The zero-order chi connectivity index (χ0) is 24.2. The molecule has 1 saturated heterocycles. The fourth-order valence-corrected chi connectivity index (χ4v) is 4.82. The molecule has 11 heteroatoms. The second-order valence-corrected chi connectivity index (χ2v) is 9.30. The molecule has 3 rings (SSSR count). The summed E-state index contributed by atoms with van der Waals surface area (Å²) in [7, 11) is -4.41. The van der Waals surface area contributed by atoms with Crippen LogP contribution in [0.5, 0.6) is 0 Å². The molecule has 0 spiro atoms. The van der Waals surface area contributed by atoms with E-state index >= 15 is 0 Å². The van der Waals surface area contributed by atoms with Crippen LogP contribution in [0.25, 0.3) is 0 Å². The van der Waals surface area contributed by atoms with E-state index < -0.39 is 39.1 Å². The average molecular weight is 481 g/mol. The van der Waals surface area contributed by atoms with Gasteiger partial charge in [-0.3, -0.25) is 9.59 Å². The highest BCUT2D eigenvalue weighted by atomic mass is 32.2. The maximum absolute atomic E-state index is 13.0. The van der Waals surface area contributed by atoms with E-state index in [1.165, 1.54) is 6.08 Å². The Morgan fingerprint density at radius 1 is 1.18 bits per heavy atom. The molecule has 33 heavy (non-hydrogen) atoms. The van der Waals surface area contributed by atoms with Crippen LogP contribution in [0, 0.1) is 0 Å². The van der Waals surface area contributed by atoms with Crippen LogP contribution in [0.1, 0.15) is 18.4 Å². The Hall–Kier alpha value is -3.18. The number of hydrogen-bond acceptors (Lipinski definition) is 4. The highest BCUT2D eigenvalue weighted by Crippen LogP contribution is 2.31. The van der Waals surface area contributed by atoms with Crippen molar-refractivity contribution in [3.8, 4) is 0 Å². The molecule has 0 unspecified atom stereocenters. The predicted octanol–water partition coefficient (Wildman–Crippen LogP) is 3.65. The summed E-state index contributed by atoms with van der Waals surface area (Å²) in [5.41, 5.74) is -0.151. The second kappa shape index (κ2) is 9.75. The lowest BCUT2D eigenvalue weighted by Crippen LogP contribution is -2.38. The summed E-state index contributed by atoms with van der Waals surface area (Å²) in [6.45, 7) is 3.11. The lowest BCUT2D eigenvalue weighted by Gasteiger charge is -2.21. The number of carbonyl (C=O) groups excluding carboxylic acids is 2. The number of carbonyl (C=O) groups is 2. The number of nitrogens with zero attached hydrogens (tertiary/aromatic N) is 2. The van der Waals surface area contributed by atoms with E-state index in [1.807, 2.05) is 0 Å². The van der Waals surface area contributed by atoms with E-state index in [4.69, 9.17) is 0 Å². The minimum Gasteiger partial charge on any atom is -0.325 e. The zero-order valence-corrected chi connectivity index (χ0v) is 18.3. The Bertz CT molecular complexity index is 1170. The Kier molecular flexibility index (Phi) is 7.23. The first-order valence-electron chi connectivity index (χ1n) is 10.0. The molecule has 1 heterocycles. The van der Waals surface area contributed by atoms with Crippen LogP contribution in [-0.4, -0.2) is 44.2 Å². The lowest BCUT2D eigenvalue weighted by atomic mass is 10.2. The molecule has 176 valence electrons. The predicted molar refractivity (Wildman–Crippen MR) is 117 cm³/mol. The van der Waals surface area contributed by atoms with Gasteiger partial charge in [0.05, 0.1) is 17.0 Å². The first-order valence-corrected chi connectivity index (χ1v) is 11.4. The van der Waals surface area contributed by atoms with Gasteiger partial charge in [0, 0.05) is 30.9 Å². The fraction of sp³-hybridized carbons (Fsp3) is 0.273. The number of alkyl halides is 3. The van der Waals surface area contributed by atoms with Gasteiger partial charge in [0.1, 0.15) is 0 Å². The number of halogens is 3. The van der Waals surface area contributed by atoms with Gasteiger partial charge in [0.25, 0.3) is 0 Å². The van der Waals surface area contributed by atoms with Crippen LogP contribution in [0.3, 0.4) is 0 Å². The summed E-state index contributed by atoms with van der Waals surface area (Å²) in [5.74, 6) is -0.722. The van der Waals surface area contributed by atoms with E-state index in [0.29, 0.717) is 30.4 Å². The zero-order valence-electron chi connectivity index (χ0n) is 17.5. The van der Waals surface area contributed by atoms with Gasteiger partial charge in [-0.2, -0.15) is 17.5 Å².